The van der Waals surface area contributed by atoms with E-state index in [0.717, 1.165) is 12.1 Å². The van der Waals surface area contributed by atoms with Crippen molar-refractivity contribution >= 4 is 5.91 Å². The average Bonchev–Trinajstić information content (AvgIpc) is 2.58. The number of carbonyl (C=O) groups is 1. The van der Waals surface area contributed by atoms with Crippen LogP contribution in [0.2, 0.25) is 0 Å². The molecule has 0 atom stereocenters. The topological polar surface area (TPSA) is 56.0 Å². The lowest BCUT2D eigenvalue weighted by atomic mass is 9.93. The highest BCUT2D eigenvalue weighted by Gasteiger charge is 2.16. The predicted molar refractivity (Wildman–Crippen MR) is 67.7 cm³/mol. The summed E-state index contributed by atoms with van der Waals surface area (Å²) in [5.74, 6) is 0.312. The third-order valence-electron chi connectivity index (χ3n) is 3.61. The first-order valence-corrected chi connectivity index (χ1v) is 6.51. The fourth-order valence-corrected chi connectivity index (χ4v) is 2.67. The molecular formula is C14H20N2O. The molecule has 2 rings (SSSR count). The summed E-state index contributed by atoms with van der Waals surface area (Å²) in [6.45, 7) is 0. The standard InChI is InChI=1S/C14H20N2O/c15-14(17)12-8-5-9-16-13(12)10-11-6-3-1-2-4-7-11/h5,8-9,11H,1-4,6-7,10H2,(H2,15,17). The molecule has 0 spiro atoms. The predicted octanol–water partition coefficient (Wildman–Crippen LogP) is 2.69. The van der Waals surface area contributed by atoms with Crippen molar-refractivity contribution in [1.82, 2.24) is 4.98 Å². The summed E-state index contributed by atoms with van der Waals surface area (Å²) in [4.78, 5) is 15.6. The van der Waals surface area contributed by atoms with E-state index >= 15 is 0 Å². The second-order valence-electron chi connectivity index (χ2n) is 4.92. The minimum Gasteiger partial charge on any atom is -0.366 e. The molecule has 0 aliphatic heterocycles. The molecule has 1 saturated carbocycles. The van der Waals surface area contributed by atoms with Crippen LogP contribution in [0.5, 0.6) is 0 Å². The van der Waals surface area contributed by atoms with Gasteiger partial charge in [-0.2, -0.15) is 0 Å². The SMILES string of the molecule is NC(=O)c1cccnc1CC1CCCCCC1. The minimum absolute atomic E-state index is 0.360. The first kappa shape index (κ1) is 12.1. The van der Waals surface area contributed by atoms with Crippen LogP contribution in [0.25, 0.3) is 0 Å². The van der Waals surface area contributed by atoms with E-state index in [0.29, 0.717) is 11.5 Å². The molecular weight excluding hydrogens is 212 g/mol. The Kier molecular flexibility index (Phi) is 4.13. The van der Waals surface area contributed by atoms with Gasteiger partial charge < -0.3 is 5.73 Å². The molecule has 0 radical (unpaired) electrons. The number of primary amides is 1. The maximum atomic E-state index is 11.3. The number of aromatic nitrogens is 1. The van der Waals surface area contributed by atoms with Crippen LogP contribution in [-0.2, 0) is 6.42 Å². The summed E-state index contributed by atoms with van der Waals surface area (Å²) in [5.41, 5.74) is 6.85. The van der Waals surface area contributed by atoms with E-state index in [4.69, 9.17) is 5.73 Å². The van der Waals surface area contributed by atoms with Gasteiger partial charge in [0.15, 0.2) is 0 Å². The Bertz CT molecular complexity index is 382. The van der Waals surface area contributed by atoms with E-state index in [2.05, 4.69) is 4.98 Å². The van der Waals surface area contributed by atoms with Crippen molar-refractivity contribution in [3.05, 3.63) is 29.6 Å². The van der Waals surface area contributed by atoms with E-state index in [1.165, 1.54) is 38.5 Å². The molecule has 1 aromatic heterocycles. The van der Waals surface area contributed by atoms with Crippen molar-refractivity contribution in [2.45, 2.75) is 44.9 Å². The Morgan fingerprint density at radius 1 is 1.29 bits per heavy atom. The number of hydrogen-bond acceptors (Lipinski definition) is 2. The van der Waals surface area contributed by atoms with E-state index < -0.39 is 0 Å². The Morgan fingerprint density at radius 2 is 2.00 bits per heavy atom. The molecule has 0 bridgehead atoms. The Morgan fingerprint density at radius 3 is 2.65 bits per heavy atom. The number of amides is 1. The van der Waals surface area contributed by atoms with Crippen LogP contribution in [0.1, 0.15) is 54.6 Å². The third kappa shape index (κ3) is 3.29. The second-order valence-corrected chi connectivity index (χ2v) is 4.92. The molecule has 1 heterocycles. The summed E-state index contributed by atoms with van der Waals surface area (Å²) in [7, 11) is 0. The lowest BCUT2D eigenvalue weighted by molar-refractivity contribution is 0.0998. The van der Waals surface area contributed by atoms with E-state index in [9.17, 15) is 4.79 Å². The molecule has 3 heteroatoms. The number of nitrogens with zero attached hydrogens (tertiary/aromatic N) is 1. The van der Waals surface area contributed by atoms with Crippen LogP contribution < -0.4 is 5.73 Å². The average molecular weight is 232 g/mol. The first-order valence-electron chi connectivity index (χ1n) is 6.51. The molecule has 1 aliphatic carbocycles. The van der Waals surface area contributed by atoms with Crippen LogP contribution in [0.15, 0.2) is 18.3 Å². The first-order chi connectivity index (χ1) is 8.27. The zero-order valence-electron chi connectivity index (χ0n) is 10.2. The van der Waals surface area contributed by atoms with E-state index in [1.807, 2.05) is 0 Å². The van der Waals surface area contributed by atoms with Gasteiger partial charge in [-0.1, -0.05) is 38.5 Å². The molecule has 3 nitrogen and oxygen atoms in total. The van der Waals surface area contributed by atoms with Gasteiger partial charge >= 0.3 is 0 Å². The highest BCUT2D eigenvalue weighted by molar-refractivity contribution is 5.93. The highest BCUT2D eigenvalue weighted by atomic mass is 16.1. The van der Waals surface area contributed by atoms with Crippen molar-refractivity contribution in [1.29, 1.82) is 0 Å². The minimum atomic E-state index is -0.360. The lowest BCUT2D eigenvalue weighted by Crippen LogP contribution is -2.16. The summed E-state index contributed by atoms with van der Waals surface area (Å²) in [5, 5.41) is 0. The van der Waals surface area contributed by atoms with E-state index in [1.54, 1.807) is 18.3 Å². The zero-order chi connectivity index (χ0) is 12.1. The monoisotopic (exact) mass is 232 g/mol. The smallest absolute Gasteiger partial charge is 0.250 e. The molecule has 0 saturated heterocycles. The van der Waals surface area contributed by atoms with Crippen molar-refractivity contribution in [3.63, 3.8) is 0 Å². The van der Waals surface area contributed by atoms with Gasteiger partial charge in [0, 0.05) is 6.20 Å². The lowest BCUT2D eigenvalue weighted by Gasteiger charge is -2.14. The maximum Gasteiger partial charge on any atom is 0.250 e. The van der Waals surface area contributed by atoms with Gasteiger partial charge in [-0.05, 0) is 24.5 Å². The number of hydrogen-bond donors (Lipinski definition) is 1. The summed E-state index contributed by atoms with van der Waals surface area (Å²) in [6.07, 6.45) is 10.5. The molecule has 1 aliphatic rings. The van der Waals surface area contributed by atoms with Crippen LogP contribution in [0, 0.1) is 5.92 Å². The van der Waals surface area contributed by atoms with Gasteiger partial charge in [-0.3, -0.25) is 9.78 Å². The van der Waals surface area contributed by atoms with Crippen molar-refractivity contribution < 1.29 is 4.79 Å². The van der Waals surface area contributed by atoms with Gasteiger partial charge in [-0.25, -0.2) is 0 Å². The second kappa shape index (κ2) is 5.80. The van der Waals surface area contributed by atoms with E-state index in [-0.39, 0.29) is 5.91 Å². The number of carbonyl (C=O) groups excluding carboxylic acids is 1. The quantitative estimate of drug-likeness (QED) is 0.814. The molecule has 1 fully saturated rings. The molecule has 1 aromatic rings. The fourth-order valence-electron chi connectivity index (χ4n) is 2.67. The number of pyridine rings is 1. The van der Waals surface area contributed by atoms with Crippen molar-refractivity contribution in [3.8, 4) is 0 Å². The molecule has 0 unspecified atom stereocenters. The normalized spacial score (nSPS) is 17.6. The summed E-state index contributed by atoms with van der Waals surface area (Å²) in [6, 6.07) is 3.55. The molecule has 17 heavy (non-hydrogen) atoms. The maximum absolute atomic E-state index is 11.3. The Balaban J connectivity index is 2.09. The molecule has 2 N–H and O–H groups in total. The van der Waals surface area contributed by atoms with Crippen LogP contribution >= 0.6 is 0 Å². The molecule has 1 amide bonds. The Hall–Kier alpha value is -1.38. The molecule has 92 valence electrons. The van der Waals surface area contributed by atoms with Gasteiger partial charge in [-0.15, -0.1) is 0 Å². The summed E-state index contributed by atoms with van der Waals surface area (Å²) < 4.78 is 0. The van der Waals surface area contributed by atoms with Crippen molar-refractivity contribution in [2.75, 3.05) is 0 Å². The van der Waals surface area contributed by atoms with Gasteiger partial charge in [0.2, 0.25) is 0 Å². The zero-order valence-corrected chi connectivity index (χ0v) is 10.2. The highest BCUT2D eigenvalue weighted by Crippen LogP contribution is 2.26. The van der Waals surface area contributed by atoms with Gasteiger partial charge in [0.25, 0.3) is 5.91 Å². The Labute approximate surface area is 102 Å². The number of nitrogens with two attached hydrogens (primary N) is 1. The third-order valence-corrected chi connectivity index (χ3v) is 3.61. The van der Waals surface area contributed by atoms with Crippen LogP contribution in [0.3, 0.4) is 0 Å². The van der Waals surface area contributed by atoms with Crippen molar-refractivity contribution in [2.24, 2.45) is 11.7 Å². The number of rotatable bonds is 3. The fraction of sp³-hybridized carbons (Fsp3) is 0.571. The largest absolute Gasteiger partial charge is 0.366 e. The summed E-state index contributed by atoms with van der Waals surface area (Å²) >= 11 is 0. The molecule has 0 aromatic carbocycles. The van der Waals surface area contributed by atoms with Gasteiger partial charge in [0.1, 0.15) is 0 Å². The van der Waals surface area contributed by atoms with Crippen LogP contribution in [0.4, 0.5) is 0 Å². The van der Waals surface area contributed by atoms with Crippen LogP contribution in [-0.4, -0.2) is 10.9 Å². The van der Waals surface area contributed by atoms with Gasteiger partial charge in [0.05, 0.1) is 11.3 Å².